The second kappa shape index (κ2) is 7.24. The summed E-state index contributed by atoms with van der Waals surface area (Å²) in [4.78, 5) is 2.62. The van der Waals surface area contributed by atoms with Gasteiger partial charge in [0.1, 0.15) is 0 Å². The monoisotopic (exact) mass is 282 g/mol. The molecule has 1 aliphatic heterocycles. The number of aliphatic hydroxyl groups excluding tert-OH is 1. The summed E-state index contributed by atoms with van der Waals surface area (Å²) < 4.78 is 0. The van der Waals surface area contributed by atoms with Gasteiger partial charge in [0, 0.05) is 5.54 Å². The molecule has 118 valence electrons. The van der Waals surface area contributed by atoms with Crippen molar-refractivity contribution in [3.8, 4) is 0 Å². The van der Waals surface area contributed by atoms with Crippen molar-refractivity contribution in [3.63, 3.8) is 0 Å². The Morgan fingerprint density at radius 3 is 2.30 bits per heavy atom. The molecule has 2 N–H and O–H groups in total. The number of likely N-dealkylation sites (N-methyl/N-ethyl adjacent to an activating group) is 1. The lowest BCUT2D eigenvalue weighted by Crippen LogP contribution is -2.49. The number of nitrogens with one attached hydrogen (secondary N) is 1. The van der Waals surface area contributed by atoms with E-state index in [0.29, 0.717) is 5.41 Å². The van der Waals surface area contributed by atoms with E-state index < -0.39 is 0 Å². The molecule has 1 spiro atoms. The highest BCUT2D eigenvalue weighted by Gasteiger charge is 2.35. The maximum atomic E-state index is 9.56. The zero-order chi connectivity index (χ0) is 14.5. The van der Waals surface area contributed by atoms with Gasteiger partial charge in [-0.3, -0.25) is 0 Å². The Balaban J connectivity index is 1.74. The summed E-state index contributed by atoms with van der Waals surface area (Å²) in [6.07, 6.45) is 11.2. The molecule has 0 radical (unpaired) electrons. The first-order valence-electron chi connectivity index (χ1n) is 8.70. The summed E-state index contributed by atoms with van der Waals surface area (Å²) in [7, 11) is 0. The smallest absolute Gasteiger partial charge is 0.0611 e. The first-order chi connectivity index (χ1) is 9.61. The predicted molar refractivity (Wildman–Crippen MR) is 85.0 cm³/mol. The quantitative estimate of drug-likeness (QED) is 0.786. The minimum absolute atomic E-state index is 0.102. The van der Waals surface area contributed by atoms with Crippen molar-refractivity contribution in [1.29, 1.82) is 0 Å². The van der Waals surface area contributed by atoms with Crippen molar-refractivity contribution in [1.82, 2.24) is 10.2 Å². The van der Waals surface area contributed by atoms with Gasteiger partial charge in [-0.1, -0.05) is 26.2 Å². The molecule has 0 aromatic carbocycles. The van der Waals surface area contributed by atoms with E-state index in [0.717, 1.165) is 19.5 Å². The summed E-state index contributed by atoms with van der Waals surface area (Å²) in [6, 6.07) is 0. The third-order valence-electron chi connectivity index (χ3n) is 5.76. The van der Waals surface area contributed by atoms with Crippen LogP contribution >= 0.6 is 0 Å². The van der Waals surface area contributed by atoms with Gasteiger partial charge in [-0.25, -0.2) is 0 Å². The number of aliphatic hydroxyl groups is 1. The molecule has 3 nitrogen and oxygen atoms in total. The van der Waals surface area contributed by atoms with Crippen LogP contribution in [-0.4, -0.2) is 48.3 Å². The molecule has 20 heavy (non-hydrogen) atoms. The van der Waals surface area contributed by atoms with Crippen molar-refractivity contribution < 1.29 is 5.11 Å². The summed E-state index contributed by atoms with van der Waals surface area (Å²) in [6.45, 7) is 9.09. The molecular weight excluding hydrogens is 248 g/mol. The van der Waals surface area contributed by atoms with Gasteiger partial charge in [0.25, 0.3) is 0 Å². The van der Waals surface area contributed by atoms with Crippen LogP contribution in [0.5, 0.6) is 0 Å². The van der Waals surface area contributed by atoms with Gasteiger partial charge in [0.05, 0.1) is 6.61 Å². The molecule has 0 amide bonds. The van der Waals surface area contributed by atoms with Gasteiger partial charge >= 0.3 is 0 Å². The van der Waals surface area contributed by atoms with Crippen LogP contribution in [0.3, 0.4) is 0 Å². The van der Waals surface area contributed by atoms with Gasteiger partial charge in [-0.2, -0.15) is 0 Å². The number of hydrogen-bond acceptors (Lipinski definition) is 3. The number of hydrogen-bond donors (Lipinski definition) is 2. The van der Waals surface area contributed by atoms with E-state index in [1.807, 2.05) is 0 Å². The maximum Gasteiger partial charge on any atom is 0.0611 e. The minimum Gasteiger partial charge on any atom is -0.394 e. The topological polar surface area (TPSA) is 35.5 Å². The van der Waals surface area contributed by atoms with E-state index in [-0.39, 0.29) is 12.1 Å². The molecule has 1 saturated carbocycles. The third kappa shape index (κ3) is 4.19. The van der Waals surface area contributed by atoms with E-state index in [2.05, 4.69) is 24.1 Å². The van der Waals surface area contributed by atoms with Gasteiger partial charge in [0.15, 0.2) is 0 Å². The van der Waals surface area contributed by atoms with E-state index in [9.17, 15) is 5.11 Å². The molecule has 2 aliphatic rings. The summed E-state index contributed by atoms with van der Waals surface area (Å²) in [5.41, 5.74) is 0.603. The van der Waals surface area contributed by atoms with Crippen molar-refractivity contribution in [3.05, 3.63) is 0 Å². The molecule has 1 unspecified atom stereocenters. The first-order valence-corrected chi connectivity index (χ1v) is 8.70. The van der Waals surface area contributed by atoms with Gasteiger partial charge < -0.3 is 15.3 Å². The minimum atomic E-state index is -0.102. The highest BCUT2D eigenvalue weighted by molar-refractivity contribution is 4.89. The number of rotatable bonds is 6. The molecule has 2 rings (SSSR count). The van der Waals surface area contributed by atoms with Crippen molar-refractivity contribution in [2.45, 2.75) is 70.8 Å². The van der Waals surface area contributed by atoms with Crippen LogP contribution in [0.1, 0.15) is 65.2 Å². The van der Waals surface area contributed by atoms with Crippen LogP contribution < -0.4 is 5.32 Å². The zero-order valence-corrected chi connectivity index (χ0v) is 13.6. The molecule has 1 aliphatic carbocycles. The van der Waals surface area contributed by atoms with Gasteiger partial charge in [-0.15, -0.1) is 0 Å². The molecule has 1 heterocycles. The Labute approximate surface area is 125 Å². The average molecular weight is 282 g/mol. The second-order valence-electron chi connectivity index (χ2n) is 7.40. The molecular formula is C17H34N2O. The Morgan fingerprint density at radius 2 is 1.75 bits per heavy atom. The molecule has 2 fully saturated rings. The summed E-state index contributed by atoms with van der Waals surface area (Å²) >= 11 is 0. The Hall–Kier alpha value is -0.120. The fourth-order valence-electron chi connectivity index (χ4n) is 4.11. The van der Waals surface area contributed by atoms with Crippen molar-refractivity contribution in [2.75, 3.05) is 32.8 Å². The Bertz CT molecular complexity index is 279. The van der Waals surface area contributed by atoms with Crippen molar-refractivity contribution in [2.24, 2.45) is 5.41 Å². The maximum absolute atomic E-state index is 9.56. The lowest BCUT2D eigenvalue weighted by atomic mass is 9.68. The van der Waals surface area contributed by atoms with E-state index in [1.54, 1.807) is 0 Å². The lowest BCUT2D eigenvalue weighted by Gasteiger charge is -2.45. The fraction of sp³-hybridized carbons (Fsp3) is 1.00. The van der Waals surface area contributed by atoms with E-state index in [4.69, 9.17) is 0 Å². The van der Waals surface area contributed by atoms with E-state index in [1.165, 1.54) is 58.0 Å². The molecule has 1 atom stereocenters. The first kappa shape index (κ1) is 16.3. The number of likely N-dealkylation sites (tertiary alicyclic amines) is 1. The van der Waals surface area contributed by atoms with Crippen LogP contribution in [-0.2, 0) is 0 Å². The normalized spacial score (nSPS) is 26.6. The van der Waals surface area contributed by atoms with Crippen LogP contribution in [0.25, 0.3) is 0 Å². The fourth-order valence-corrected chi connectivity index (χ4v) is 4.11. The van der Waals surface area contributed by atoms with Crippen LogP contribution in [0, 0.1) is 5.41 Å². The van der Waals surface area contributed by atoms with Crippen LogP contribution in [0.4, 0.5) is 0 Å². The highest BCUT2D eigenvalue weighted by Crippen LogP contribution is 2.44. The summed E-state index contributed by atoms with van der Waals surface area (Å²) in [5.74, 6) is 0. The van der Waals surface area contributed by atoms with Crippen LogP contribution in [0.2, 0.25) is 0 Å². The zero-order valence-electron chi connectivity index (χ0n) is 13.6. The average Bonchev–Trinajstić information content (AvgIpc) is 2.48. The SMILES string of the molecule is CCNC(C)(CO)CCN1CCC2(CCCCC2)CC1. The lowest BCUT2D eigenvalue weighted by molar-refractivity contribution is 0.0589. The Morgan fingerprint density at radius 1 is 1.10 bits per heavy atom. The molecule has 3 heteroatoms. The Kier molecular flexibility index (Phi) is 5.88. The summed E-state index contributed by atoms with van der Waals surface area (Å²) in [5, 5.41) is 13.0. The van der Waals surface area contributed by atoms with Gasteiger partial charge in [0.2, 0.25) is 0 Å². The molecule has 1 saturated heterocycles. The number of nitrogens with zero attached hydrogens (tertiary/aromatic N) is 1. The largest absolute Gasteiger partial charge is 0.394 e. The van der Waals surface area contributed by atoms with Crippen LogP contribution in [0.15, 0.2) is 0 Å². The predicted octanol–water partition coefficient (Wildman–Crippen LogP) is 2.78. The molecule has 0 bridgehead atoms. The molecule has 0 aromatic heterocycles. The van der Waals surface area contributed by atoms with E-state index >= 15 is 0 Å². The van der Waals surface area contributed by atoms with Crippen molar-refractivity contribution >= 4 is 0 Å². The second-order valence-corrected chi connectivity index (χ2v) is 7.40. The third-order valence-corrected chi connectivity index (χ3v) is 5.76. The number of piperidine rings is 1. The van der Waals surface area contributed by atoms with Gasteiger partial charge in [-0.05, 0) is 70.6 Å². The standard InChI is InChI=1S/C17H34N2O/c1-3-18-16(2,15-20)9-12-19-13-10-17(11-14-19)7-5-4-6-8-17/h18,20H,3-15H2,1-2H3. The molecule has 0 aromatic rings. The highest BCUT2D eigenvalue weighted by atomic mass is 16.3.